The highest BCUT2D eigenvalue weighted by atomic mass is 32.2. The molecule has 0 atom stereocenters. The van der Waals surface area contributed by atoms with Gasteiger partial charge in [0.05, 0.1) is 36.1 Å². The molecule has 3 aromatic rings. The molecule has 1 heterocycles. The second kappa shape index (κ2) is 9.23. The van der Waals surface area contributed by atoms with E-state index in [9.17, 15) is 13.2 Å². The van der Waals surface area contributed by atoms with Gasteiger partial charge in [0.1, 0.15) is 11.5 Å². The lowest BCUT2D eigenvalue weighted by Crippen LogP contribution is -2.14. The van der Waals surface area contributed by atoms with Crippen LogP contribution in [-0.2, 0) is 15.8 Å². The fourth-order valence-corrected chi connectivity index (χ4v) is 4.16. The van der Waals surface area contributed by atoms with Crippen LogP contribution in [0.4, 0.5) is 11.4 Å². The van der Waals surface area contributed by atoms with Crippen molar-refractivity contribution in [2.75, 3.05) is 23.4 Å². The molecule has 2 N–H and O–H groups in total. The lowest BCUT2D eigenvalue weighted by Gasteiger charge is -2.13. The summed E-state index contributed by atoms with van der Waals surface area (Å²) in [5.41, 5.74) is 2.08. The van der Waals surface area contributed by atoms with Gasteiger partial charge in [-0.25, -0.2) is 8.42 Å². The van der Waals surface area contributed by atoms with Crippen LogP contribution in [0.2, 0.25) is 0 Å². The summed E-state index contributed by atoms with van der Waals surface area (Å²) in [6, 6.07) is 13.8. The van der Waals surface area contributed by atoms with Crippen LogP contribution >= 0.6 is 11.8 Å². The first-order valence-corrected chi connectivity index (χ1v) is 11.7. The quantitative estimate of drug-likeness (QED) is 0.504. The summed E-state index contributed by atoms with van der Waals surface area (Å²) >= 11 is 1.47. The summed E-state index contributed by atoms with van der Waals surface area (Å²) in [5.74, 6) is 1.27. The Labute approximate surface area is 179 Å². The van der Waals surface area contributed by atoms with E-state index < -0.39 is 10.0 Å². The van der Waals surface area contributed by atoms with Crippen molar-refractivity contribution in [1.29, 1.82) is 0 Å². The standard InChI is InChI=1S/C20H21N3O5S2/c1-13-10-15(28-22-13)12-29-19-7-5-4-6-16(19)20(24)21-14-8-9-17(18(11-14)27-2)23-30(3,25)26/h4-11,23H,12H2,1-3H3,(H,21,24). The van der Waals surface area contributed by atoms with Gasteiger partial charge in [-0.1, -0.05) is 17.3 Å². The molecule has 158 valence electrons. The number of hydrogen-bond acceptors (Lipinski definition) is 7. The van der Waals surface area contributed by atoms with Gasteiger partial charge in [-0.2, -0.15) is 0 Å². The average molecular weight is 448 g/mol. The predicted molar refractivity (Wildman–Crippen MR) is 117 cm³/mol. The molecular formula is C20H21N3O5S2. The monoisotopic (exact) mass is 447 g/mol. The molecule has 2 aromatic carbocycles. The number of methoxy groups -OCH3 is 1. The number of anilines is 2. The van der Waals surface area contributed by atoms with E-state index in [0.29, 0.717) is 22.8 Å². The third-order valence-corrected chi connectivity index (χ3v) is 5.62. The number of rotatable bonds is 8. The molecule has 10 heteroatoms. The maximum absolute atomic E-state index is 12.9. The molecule has 1 aromatic heterocycles. The number of sulfonamides is 1. The molecule has 0 saturated heterocycles. The number of benzene rings is 2. The third kappa shape index (κ3) is 5.77. The first-order valence-electron chi connectivity index (χ1n) is 8.86. The molecule has 0 unspecified atom stereocenters. The van der Waals surface area contributed by atoms with Crippen LogP contribution in [0.1, 0.15) is 21.8 Å². The topological polar surface area (TPSA) is 111 Å². The van der Waals surface area contributed by atoms with Crippen LogP contribution in [0.25, 0.3) is 0 Å². The number of hydrogen-bond donors (Lipinski definition) is 2. The highest BCUT2D eigenvalue weighted by Crippen LogP contribution is 2.30. The van der Waals surface area contributed by atoms with Crippen molar-refractivity contribution < 1.29 is 22.5 Å². The fraction of sp³-hybridized carbons (Fsp3) is 0.200. The van der Waals surface area contributed by atoms with Gasteiger partial charge in [-0.15, -0.1) is 11.8 Å². The summed E-state index contributed by atoms with van der Waals surface area (Å²) in [6.45, 7) is 1.85. The highest BCUT2D eigenvalue weighted by Gasteiger charge is 2.15. The summed E-state index contributed by atoms with van der Waals surface area (Å²) in [5, 5.41) is 6.69. The summed E-state index contributed by atoms with van der Waals surface area (Å²) in [7, 11) is -2.03. The SMILES string of the molecule is COc1cc(NC(=O)c2ccccc2SCc2cc(C)no2)ccc1NS(C)(=O)=O. The first kappa shape index (κ1) is 21.7. The molecule has 3 rings (SSSR count). The predicted octanol–water partition coefficient (Wildman–Crippen LogP) is 3.91. The van der Waals surface area contributed by atoms with Crippen LogP contribution in [0.3, 0.4) is 0 Å². The van der Waals surface area contributed by atoms with E-state index >= 15 is 0 Å². The van der Waals surface area contributed by atoms with Crippen molar-refractivity contribution in [3.05, 3.63) is 65.5 Å². The number of carbonyl (C=O) groups excluding carboxylic acids is 1. The normalized spacial score (nSPS) is 11.2. The van der Waals surface area contributed by atoms with Gasteiger partial charge < -0.3 is 14.6 Å². The Morgan fingerprint density at radius 2 is 1.97 bits per heavy atom. The number of carbonyl (C=O) groups is 1. The zero-order valence-electron chi connectivity index (χ0n) is 16.6. The van der Waals surface area contributed by atoms with E-state index in [0.717, 1.165) is 22.6 Å². The fourth-order valence-electron chi connectivity index (χ4n) is 2.66. The Balaban J connectivity index is 1.76. The van der Waals surface area contributed by atoms with Crippen molar-refractivity contribution >= 4 is 39.1 Å². The summed E-state index contributed by atoms with van der Waals surface area (Å²) in [4.78, 5) is 13.6. The molecule has 0 bridgehead atoms. The lowest BCUT2D eigenvalue weighted by molar-refractivity contribution is 0.102. The van der Waals surface area contributed by atoms with E-state index in [2.05, 4.69) is 15.2 Å². The number of thioether (sulfide) groups is 1. The number of ether oxygens (including phenoxy) is 1. The van der Waals surface area contributed by atoms with Crippen molar-refractivity contribution in [3.8, 4) is 5.75 Å². The van der Waals surface area contributed by atoms with Crippen LogP contribution in [0, 0.1) is 6.92 Å². The van der Waals surface area contributed by atoms with Gasteiger partial charge >= 0.3 is 0 Å². The lowest BCUT2D eigenvalue weighted by atomic mass is 10.2. The van der Waals surface area contributed by atoms with Crippen molar-refractivity contribution in [2.24, 2.45) is 0 Å². The Morgan fingerprint density at radius 3 is 2.63 bits per heavy atom. The Kier molecular flexibility index (Phi) is 6.68. The number of nitrogens with zero attached hydrogens (tertiary/aromatic N) is 1. The van der Waals surface area contributed by atoms with E-state index in [4.69, 9.17) is 9.26 Å². The molecule has 1 amide bonds. The first-order chi connectivity index (χ1) is 14.2. The van der Waals surface area contributed by atoms with E-state index in [-0.39, 0.29) is 11.6 Å². The molecular weight excluding hydrogens is 426 g/mol. The van der Waals surface area contributed by atoms with E-state index in [1.54, 1.807) is 24.3 Å². The average Bonchev–Trinajstić information content (AvgIpc) is 3.12. The maximum atomic E-state index is 12.9. The van der Waals surface area contributed by atoms with Crippen LogP contribution in [0.5, 0.6) is 5.75 Å². The summed E-state index contributed by atoms with van der Waals surface area (Å²) < 4.78 is 35.8. The minimum Gasteiger partial charge on any atom is -0.494 e. The third-order valence-electron chi connectivity index (χ3n) is 3.93. The van der Waals surface area contributed by atoms with E-state index in [1.165, 1.54) is 24.9 Å². The minimum atomic E-state index is -3.45. The molecule has 0 aliphatic rings. The zero-order chi connectivity index (χ0) is 21.7. The van der Waals surface area contributed by atoms with Gasteiger partial charge in [0.15, 0.2) is 0 Å². The second-order valence-corrected chi connectivity index (χ2v) is 9.23. The smallest absolute Gasteiger partial charge is 0.256 e. The van der Waals surface area contributed by atoms with Crippen LogP contribution in [0.15, 0.2) is 57.9 Å². The maximum Gasteiger partial charge on any atom is 0.256 e. The van der Waals surface area contributed by atoms with E-state index in [1.807, 2.05) is 25.1 Å². The van der Waals surface area contributed by atoms with Crippen molar-refractivity contribution in [3.63, 3.8) is 0 Å². The van der Waals surface area contributed by atoms with Crippen LogP contribution in [-0.4, -0.2) is 32.8 Å². The Bertz CT molecular complexity index is 1160. The number of aromatic nitrogens is 1. The molecule has 0 aliphatic heterocycles. The van der Waals surface area contributed by atoms with Gasteiger partial charge in [-0.3, -0.25) is 9.52 Å². The van der Waals surface area contributed by atoms with Gasteiger partial charge in [0.2, 0.25) is 10.0 Å². The number of aryl methyl sites for hydroxylation is 1. The molecule has 0 spiro atoms. The Hall–Kier alpha value is -2.98. The Morgan fingerprint density at radius 1 is 1.20 bits per heavy atom. The molecule has 0 radical (unpaired) electrons. The molecule has 30 heavy (non-hydrogen) atoms. The van der Waals surface area contributed by atoms with Crippen molar-refractivity contribution in [2.45, 2.75) is 17.6 Å². The van der Waals surface area contributed by atoms with Crippen molar-refractivity contribution in [1.82, 2.24) is 5.16 Å². The molecule has 0 aliphatic carbocycles. The number of nitrogens with one attached hydrogen (secondary N) is 2. The van der Waals surface area contributed by atoms with Crippen LogP contribution < -0.4 is 14.8 Å². The largest absolute Gasteiger partial charge is 0.494 e. The zero-order valence-corrected chi connectivity index (χ0v) is 18.3. The molecule has 0 fully saturated rings. The molecule has 0 saturated carbocycles. The highest BCUT2D eigenvalue weighted by molar-refractivity contribution is 7.98. The molecule has 8 nitrogen and oxygen atoms in total. The minimum absolute atomic E-state index is 0.288. The number of amides is 1. The van der Waals surface area contributed by atoms with Gasteiger partial charge in [0, 0.05) is 22.7 Å². The summed E-state index contributed by atoms with van der Waals surface area (Å²) in [6.07, 6.45) is 1.05. The second-order valence-electron chi connectivity index (χ2n) is 6.46. The van der Waals surface area contributed by atoms with Gasteiger partial charge in [0.25, 0.3) is 5.91 Å². The van der Waals surface area contributed by atoms with Gasteiger partial charge in [-0.05, 0) is 31.2 Å².